The van der Waals surface area contributed by atoms with Crippen LogP contribution in [0, 0.1) is 6.92 Å². The van der Waals surface area contributed by atoms with Gasteiger partial charge in [0.25, 0.3) is 0 Å². The highest BCUT2D eigenvalue weighted by Crippen LogP contribution is 2.36. The Balaban J connectivity index is 1.75. The molecular formula is C26H21O2P. The van der Waals surface area contributed by atoms with Crippen LogP contribution in [-0.2, 0) is 0 Å². The fourth-order valence-electron chi connectivity index (χ4n) is 3.16. The van der Waals surface area contributed by atoms with E-state index in [1.54, 1.807) is 12.1 Å². The topological polar surface area (TPSA) is 26.3 Å². The van der Waals surface area contributed by atoms with Gasteiger partial charge < -0.3 is 4.74 Å². The first-order valence-corrected chi connectivity index (χ1v) is 10.8. The van der Waals surface area contributed by atoms with Gasteiger partial charge in [-0.1, -0.05) is 96.6 Å². The minimum Gasteiger partial charge on any atom is -0.422 e. The van der Waals surface area contributed by atoms with Gasteiger partial charge in [-0.25, -0.2) is 4.79 Å². The van der Waals surface area contributed by atoms with Crippen LogP contribution >= 0.6 is 7.92 Å². The largest absolute Gasteiger partial charge is 0.422 e. The zero-order valence-electron chi connectivity index (χ0n) is 16.2. The number of benzene rings is 4. The van der Waals surface area contributed by atoms with Gasteiger partial charge >= 0.3 is 5.97 Å². The van der Waals surface area contributed by atoms with E-state index in [1.807, 2.05) is 49.4 Å². The molecule has 29 heavy (non-hydrogen) atoms. The van der Waals surface area contributed by atoms with Gasteiger partial charge in [-0.15, -0.1) is 0 Å². The number of carbonyl (C=O) groups excluding carboxylic acids is 1. The quantitative estimate of drug-likeness (QED) is 0.270. The lowest BCUT2D eigenvalue weighted by Gasteiger charge is -2.21. The molecule has 0 unspecified atom stereocenters. The molecule has 0 amide bonds. The molecule has 3 heteroatoms. The second-order valence-corrected chi connectivity index (χ2v) is 8.92. The number of rotatable bonds is 5. The predicted molar refractivity (Wildman–Crippen MR) is 121 cm³/mol. The van der Waals surface area contributed by atoms with Gasteiger partial charge in [-0.3, -0.25) is 0 Å². The molecule has 0 saturated carbocycles. The molecule has 0 spiro atoms. The molecule has 4 aromatic rings. The molecule has 0 saturated heterocycles. The first kappa shape index (κ1) is 19.1. The Labute approximate surface area is 172 Å². The molecule has 0 fully saturated rings. The van der Waals surface area contributed by atoms with Gasteiger partial charge in [-0.05, 0) is 43.7 Å². The van der Waals surface area contributed by atoms with Crippen molar-refractivity contribution in [3.63, 3.8) is 0 Å². The van der Waals surface area contributed by atoms with Crippen molar-refractivity contribution in [3.8, 4) is 5.75 Å². The molecule has 0 atom stereocenters. The first-order valence-electron chi connectivity index (χ1n) is 9.50. The van der Waals surface area contributed by atoms with Crippen LogP contribution in [-0.4, -0.2) is 5.97 Å². The first-order chi connectivity index (χ1) is 14.2. The van der Waals surface area contributed by atoms with E-state index in [2.05, 4.69) is 54.6 Å². The number of hydrogen-bond acceptors (Lipinski definition) is 2. The highest BCUT2D eigenvalue weighted by molar-refractivity contribution is 7.80. The highest BCUT2D eigenvalue weighted by Gasteiger charge is 2.21. The van der Waals surface area contributed by atoms with E-state index >= 15 is 0 Å². The zero-order chi connectivity index (χ0) is 20.1. The average molecular weight is 396 g/mol. The maximum atomic E-state index is 12.8. The van der Waals surface area contributed by atoms with Gasteiger partial charge in [0.2, 0.25) is 0 Å². The SMILES string of the molecule is Cc1ccc(C(=O)Oc2ccccc2P(c2ccccc2)c2ccccc2)cc1. The fraction of sp³-hybridized carbons (Fsp3) is 0.0385. The molecular weight excluding hydrogens is 375 g/mol. The molecule has 0 aliphatic rings. The van der Waals surface area contributed by atoms with Crippen LogP contribution in [0.25, 0.3) is 0 Å². The normalized spacial score (nSPS) is 10.7. The van der Waals surface area contributed by atoms with Crippen molar-refractivity contribution < 1.29 is 9.53 Å². The third-order valence-corrected chi connectivity index (χ3v) is 7.11. The van der Waals surface area contributed by atoms with Crippen molar-refractivity contribution in [2.75, 3.05) is 0 Å². The van der Waals surface area contributed by atoms with Gasteiger partial charge in [0, 0.05) is 5.30 Å². The molecule has 4 aromatic carbocycles. The summed E-state index contributed by atoms with van der Waals surface area (Å²) in [6.07, 6.45) is 0. The van der Waals surface area contributed by atoms with Gasteiger partial charge in [0.15, 0.2) is 0 Å². The molecule has 0 radical (unpaired) electrons. The number of hydrogen-bond donors (Lipinski definition) is 0. The second kappa shape index (κ2) is 8.86. The van der Waals surface area contributed by atoms with Crippen molar-refractivity contribution in [2.45, 2.75) is 6.92 Å². The fourth-order valence-corrected chi connectivity index (χ4v) is 5.53. The Kier molecular flexibility index (Phi) is 5.84. The number of esters is 1. The van der Waals surface area contributed by atoms with Crippen LogP contribution in [0.3, 0.4) is 0 Å². The molecule has 0 aromatic heterocycles. The van der Waals surface area contributed by atoms with Gasteiger partial charge in [0.1, 0.15) is 5.75 Å². The number of ether oxygens (including phenoxy) is 1. The average Bonchev–Trinajstić information content (AvgIpc) is 2.77. The smallest absolute Gasteiger partial charge is 0.343 e. The summed E-state index contributed by atoms with van der Waals surface area (Å²) in [5.74, 6) is 0.269. The lowest BCUT2D eigenvalue weighted by atomic mass is 10.1. The van der Waals surface area contributed by atoms with Gasteiger partial charge in [-0.2, -0.15) is 0 Å². The second-order valence-electron chi connectivity index (χ2n) is 6.73. The molecule has 0 aliphatic carbocycles. The Hall–Kier alpha value is -3.22. The van der Waals surface area contributed by atoms with E-state index in [-0.39, 0.29) is 5.97 Å². The molecule has 0 heterocycles. The van der Waals surface area contributed by atoms with E-state index in [0.717, 1.165) is 10.9 Å². The van der Waals surface area contributed by atoms with Gasteiger partial charge in [0.05, 0.1) is 5.56 Å². The molecule has 4 rings (SSSR count). The van der Waals surface area contributed by atoms with Crippen LogP contribution < -0.4 is 20.7 Å². The lowest BCUT2D eigenvalue weighted by molar-refractivity contribution is 0.0736. The van der Waals surface area contributed by atoms with Crippen LogP contribution in [0.4, 0.5) is 0 Å². The maximum Gasteiger partial charge on any atom is 0.343 e. The summed E-state index contributed by atoms with van der Waals surface area (Å²) >= 11 is 0. The summed E-state index contributed by atoms with van der Waals surface area (Å²) in [6, 6.07) is 36.1. The Morgan fingerprint density at radius 1 is 0.655 bits per heavy atom. The van der Waals surface area contributed by atoms with Crippen molar-refractivity contribution in [2.24, 2.45) is 0 Å². The highest BCUT2D eigenvalue weighted by atomic mass is 31.1. The minimum absolute atomic E-state index is 0.339. The summed E-state index contributed by atoms with van der Waals surface area (Å²) in [6.45, 7) is 2.00. The third-order valence-electron chi connectivity index (χ3n) is 4.62. The minimum atomic E-state index is -0.849. The van der Waals surface area contributed by atoms with Crippen LogP contribution in [0.1, 0.15) is 15.9 Å². The number of para-hydroxylation sites is 1. The van der Waals surface area contributed by atoms with Crippen molar-refractivity contribution in [3.05, 3.63) is 120 Å². The molecule has 0 bridgehead atoms. The van der Waals surface area contributed by atoms with E-state index < -0.39 is 7.92 Å². The monoisotopic (exact) mass is 396 g/mol. The molecule has 142 valence electrons. The predicted octanol–water partition coefficient (Wildman–Crippen LogP) is 4.97. The van der Waals surface area contributed by atoms with Crippen LogP contribution in [0.5, 0.6) is 5.75 Å². The molecule has 0 N–H and O–H groups in total. The summed E-state index contributed by atoms with van der Waals surface area (Å²) in [4.78, 5) is 12.8. The van der Waals surface area contributed by atoms with E-state index in [1.165, 1.54) is 10.6 Å². The van der Waals surface area contributed by atoms with Crippen molar-refractivity contribution in [1.29, 1.82) is 0 Å². The molecule has 0 aliphatic heterocycles. The molecule has 2 nitrogen and oxygen atoms in total. The number of carbonyl (C=O) groups is 1. The Morgan fingerprint density at radius 2 is 1.17 bits per heavy atom. The van der Waals surface area contributed by atoms with E-state index in [9.17, 15) is 4.79 Å². The summed E-state index contributed by atoms with van der Waals surface area (Å²) < 4.78 is 5.87. The van der Waals surface area contributed by atoms with E-state index in [0.29, 0.717) is 11.3 Å². The summed E-state index contributed by atoms with van der Waals surface area (Å²) in [7, 11) is -0.849. The standard InChI is InChI=1S/C26H21O2P/c1-20-16-18-21(19-17-20)26(27)28-24-14-8-9-15-25(24)29(22-10-4-2-5-11-22)23-12-6-3-7-13-23/h2-19H,1H3. The van der Waals surface area contributed by atoms with Crippen LogP contribution in [0.2, 0.25) is 0 Å². The van der Waals surface area contributed by atoms with Crippen molar-refractivity contribution >= 4 is 29.8 Å². The summed E-state index contributed by atoms with van der Waals surface area (Å²) in [5.41, 5.74) is 1.66. The summed E-state index contributed by atoms with van der Waals surface area (Å²) in [5, 5.41) is 3.46. The Bertz CT molecular complexity index is 1050. The van der Waals surface area contributed by atoms with Crippen LogP contribution in [0.15, 0.2) is 109 Å². The lowest BCUT2D eigenvalue weighted by Crippen LogP contribution is -2.23. The van der Waals surface area contributed by atoms with E-state index in [4.69, 9.17) is 4.74 Å². The Morgan fingerprint density at radius 3 is 1.76 bits per heavy atom. The number of aryl methyl sites for hydroxylation is 1. The zero-order valence-corrected chi connectivity index (χ0v) is 17.1. The maximum absolute atomic E-state index is 12.8. The third kappa shape index (κ3) is 4.45. The van der Waals surface area contributed by atoms with Crippen molar-refractivity contribution in [1.82, 2.24) is 0 Å².